The highest BCUT2D eigenvalue weighted by molar-refractivity contribution is 9.10. The fourth-order valence-electron chi connectivity index (χ4n) is 2.59. The minimum atomic E-state index is 0.905. The minimum absolute atomic E-state index is 0.905. The second kappa shape index (κ2) is 6.18. The standard InChI is InChI=1S/C13H20BrNS/c1-10-3-2-4-11(7-10)8-15-9-13-12(14)5-6-16-13/h5-6,10-11,15H,2-4,7-9H2,1H3. The topological polar surface area (TPSA) is 12.0 Å². The monoisotopic (exact) mass is 301 g/mol. The Labute approximate surface area is 111 Å². The van der Waals surface area contributed by atoms with Crippen LogP contribution in [0, 0.1) is 11.8 Å². The third-order valence-corrected chi connectivity index (χ3v) is 5.38. The smallest absolute Gasteiger partial charge is 0.0327 e. The summed E-state index contributed by atoms with van der Waals surface area (Å²) in [6.45, 7) is 4.60. The fraction of sp³-hybridized carbons (Fsp3) is 0.692. The van der Waals surface area contributed by atoms with E-state index >= 15 is 0 Å². The Morgan fingerprint density at radius 2 is 2.38 bits per heavy atom. The lowest BCUT2D eigenvalue weighted by molar-refractivity contribution is 0.274. The van der Waals surface area contributed by atoms with Gasteiger partial charge in [-0.2, -0.15) is 0 Å². The molecule has 1 aromatic heterocycles. The van der Waals surface area contributed by atoms with Gasteiger partial charge in [-0.15, -0.1) is 11.3 Å². The maximum Gasteiger partial charge on any atom is 0.0327 e. The first-order chi connectivity index (χ1) is 7.75. The lowest BCUT2D eigenvalue weighted by Gasteiger charge is -2.26. The summed E-state index contributed by atoms with van der Waals surface area (Å²) in [7, 11) is 0. The van der Waals surface area contributed by atoms with Crippen LogP contribution in [0.2, 0.25) is 0 Å². The second-order valence-corrected chi connectivity index (χ2v) is 6.82. The van der Waals surface area contributed by atoms with Gasteiger partial charge in [-0.05, 0) is 58.6 Å². The van der Waals surface area contributed by atoms with E-state index in [1.54, 1.807) is 0 Å². The van der Waals surface area contributed by atoms with E-state index in [0.717, 1.165) is 18.4 Å². The normalized spacial score (nSPS) is 25.9. The van der Waals surface area contributed by atoms with Crippen molar-refractivity contribution in [1.82, 2.24) is 5.32 Å². The van der Waals surface area contributed by atoms with Gasteiger partial charge in [0.05, 0.1) is 0 Å². The zero-order valence-electron chi connectivity index (χ0n) is 9.84. The van der Waals surface area contributed by atoms with Gasteiger partial charge in [0.25, 0.3) is 0 Å². The van der Waals surface area contributed by atoms with Crippen LogP contribution in [0.15, 0.2) is 15.9 Å². The van der Waals surface area contributed by atoms with E-state index in [4.69, 9.17) is 0 Å². The molecule has 1 aromatic rings. The maximum absolute atomic E-state index is 3.60. The summed E-state index contributed by atoms with van der Waals surface area (Å²) < 4.78 is 1.25. The summed E-state index contributed by atoms with van der Waals surface area (Å²) in [5.74, 6) is 1.84. The molecule has 2 rings (SSSR count). The van der Waals surface area contributed by atoms with Crippen LogP contribution in [0.5, 0.6) is 0 Å². The molecule has 1 aliphatic carbocycles. The van der Waals surface area contributed by atoms with Crippen molar-refractivity contribution >= 4 is 27.3 Å². The predicted octanol–water partition coefficient (Wildman–Crippen LogP) is 4.43. The molecule has 3 heteroatoms. The van der Waals surface area contributed by atoms with E-state index in [2.05, 4.69) is 39.6 Å². The highest BCUT2D eigenvalue weighted by Gasteiger charge is 2.18. The van der Waals surface area contributed by atoms with E-state index in [1.807, 2.05) is 11.3 Å². The Kier molecular flexibility index (Phi) is 4.86. The fourth-order valence-corrected chi connectivity index (χ4v) is 4.05. The van der Waals surface area contributed by atoms with Crippen molar-refractivity contribution in [3.63, 3.8) is 0 Å². The van der Waals surface area contributed by atoms with Crippen LogP contribution in [-0.4, -0.2) is 6.54 Å². The summed E-state index contributed by atoms with van der Waals surface area (Å²) in [6, 6.07) is 2.13. The molecule has 16 heavy (non-hydrogen) atoms. The molecule has 90 valence electrons. The Morgan fingerprint density at radius 3 is 3.06 bits per heavy atom. The largest absolute Gasteiger partial charge is 0.312 e. The van der Waals surface area contributed by atoms with Crippen molar-refractivity contribution in [3.8, 4) is 0 Å². The number of hydrogen-bond acceptors (Lipinski definition) is 2. The zero-order valence-corrected chi connectivity index (χ0v) is 12.2. The van der Waals surface area contributed by atoms with Gasteiger partial charge in [0.15, 0.2) is 0 Å². The highest BCUT2D eigenvalue weighted by atomic mass is 79.9. The number of thiophene rings is 1. The van der Waals surface area contributed by atoms with E-state index in [0.29, 0.717) is 0 Å². The lowest BCUT2D eigenvalue weighted by atomic mass is 9.82. The first-order valence-corrected chi connectivity index (χ1v) is 7.85. The molecule has 1 fully saturated rings. The van der Waals surface area contributed by atoms with Crippen LogP contribution in [0.4, 0.5) is 0 Å². The summed E-state index contributed by atoms with van der Waals surface area (Å²) in [5.41, 5.74) is 0. The molecule has 1 heterocycles. The van der Waals surface area contributed by atoms with E-state index in [1.165, 1.54) is 41.6 Å². The number of rotatable bonds is 4. The van der Waals surface area contributed by atoms with Gasteiger partial charge in [0.2, 0.25) is 0 Å². The third-order valence-electron chi connectivity index (χ3n) is 3.45. The molecular formula is C13H20BrNS. The Balaban J connectivity index is 1.70. The van der Waals surface area contributed by atoms with Crippen molar-refractivity contribution in [3.05, 3.63) is 20.8 Å². The minimum Gasteiger partial charge on any atom is -0.312 e. The average molecular weight is 302 g/mol. The van der Waals surface area contributed by atoms with Crippen molar-refractivity contribution in [2.45, 2.75) is 39.2 Å². The van der Waals surface area contributed by atoms with Gasteiger partial charge in [-0.1, -0.05) is 19.8 Å². The molecule has 0 spiro atoms. The highest BCUT2D eigenvalue weighted by Crippen LogP contribution is 2.28. The molecule has 1 N–H and O–H groups in total. The molecule has 0 saturated heterocycles. The van der Waals surface area contributed by atoms with Crippen molar-refractivity contribution < 1.29 is 0 Å². The van der Waals surface area contributed by atoms with Crippen molar-refractivity contribution in [2.24, 2.45) is 11.8 Å². The molecular weight excluding hydrogens is 282 g/mol. The first-order valence-electron chi connectivity index (χ1n) is 6.18. The quantitative estimate of drug-likeness (QED) is 0.868. The summed E-state index contributed by atoms with van der Waals surface area (Å²) in [4.78, 5) is 1.42. The van der Waals surface area contributed by atoms with Gasteiger partial charge in [0.1, 0.15) is 0 Å². The van der Waals surface area contributed by atoms with Crippen molar-refractivity contribution in [2.75, 3.05) is 6.54 Å². The molecule has 1 saturated carbocycles. The van der Waals surface area contributed by atoms with Gasteiger partial charge in [-0.25, -0.2) is 0 Å². The second-order valence-electron chi connectivity index (χ2n) is 4.96. The zero-order chi connectivity index (χ0) is 11.4. The van der Waals surface area contributed by atoms with Gasteiger partial charge in [-0.3, -0.25) is 0 Å². The summed E-state index contributed by atoms with van der Waals surface area (Å²) in [5, 5.41) is 5.74. The van der Waals surface area contributed by atoms with E-state index in [-0.39, 0.29) is 0 Å². The Hall–Kier alpha value is 0.140. The van der Waals surface area contributed by atoms with Gasteiger partial charge >= 0.3 is 0 Å². The maximum atomic E-state index is 3.60. The van der Waals surface area contributed by atoms with Crippen LogP contribution < -0.4 is 5.32 Å². The lowest BCUT2D eigenvalue weighted by Crippen LogP contribution is -2.26. The van der Waals surface area contributed by atoms with Crippen LogP contribution in [-0.2, 0) is 6.54 Å². The molecule has 2 atom stereocenters. The molecule has 1 nitrogen and oxygen atoms in total. The van der Waals surface area contributed by atoms with Crippen LogP contribution >= 0.6 is 27.3 Å². The van der Waals surface area contributed by atoms with Crippen molar-refractivity contribution in [1.29, 1.82) is 0 Å². The SMILES string of the molecule is CC1CCCC(CNCc2sccc2Br)C1. The number of halogens is 1. The van der Waals surface area contributed by atoms with E-state index in [9.17, 15) is 0 Å². The summed E-state index contributed by atoms with van der Waals surface area (Å²) in [6.07, 6.45) is 5.70. The summed E-state index contributed by atoms with van der Waals surface area (Å²) >= 11 is 5.40. The Bertz CT molecular complexity index is 323. The predicted molar refractivity (Wildman–Crippen MR) is 74.8 cm³/mol. The van der Waals surface area contributed by atoms with E-state index < -0.39 is 0 Å². The number of nitrogens with one attached hydrogen (secondary N) is 1. The van der Waals surface area contributed by atoms with Crippen LogP contribution in [0.25, 0.3) is 0 Å². The van der Waals surface area contributed by atoms with Crippen LogP contribution in [0.3, 0.4) is 0 Å². The molecule has 2 unspecified atom stereocenters. The molecule has 0 aromatic carbocycles. The van der Waals surface area contributed by atoms with Crippen LogP contribution in [0.1, 0.15) is 37.5 Å². The molecule has 1 aliphatic rings. The van der Waals surface area contributed by atoms with Gasteiger partial charge in [0, 0.05) is 15.9 Å². The Morgan fingerprint density at radius 1 is 1.50 bits per heavy atom. The molecule has 0 aliphatic heterocycles. The average Bonchev–Trinajstić information content (AvgIpc) is 2.65. The molecule has 0 amide bonds. The number of hydrogen-bond donors (Lipinski definition) is 1. The molecule has 0 radical (unpaired) electrons. The molecule has 0 bridgehead atoms. The van der Waals surface area contributed by atoms with Gasteiger partial charge < -0.3 is 5.32 Å². The first kappa shape index (κ1) is 12.6. The third kappa shape index (κ3) is 3.57.